The molecule has 0 saturated heterocycles. The van der Waals surface area contributed by atoms with Crippen molar-refractivity contribution < 1.29 is 14.6 Å². The van der Waals surface area contributed by atoms with Crippen LogP contribution in [0.5, 0.6) is 5.75 Å². The molecule has 0 spiro atoms. The van der Waals surface area contributed by atoms with Crippen molar-refractivity contribution in [1.82, 2.24) is 4.98 Å². The molecule has 4 nitrogen and oxygen atoms in total. The Bertz CT molecular complexity index is 1010. The molecule has 2 aromatic carbocycles. The second-order valence-electron chi connectivity index (χ2n) is 7.67. The Balaban J connectivity index is 1.37. The molecule has 1 atom stereocenters. The van der Waals surface area contributed by atoms with Gasteiger partial charge in [0, 0.05) is 17.7 Å². The highest BCUT2D eigenvalue weighted by Crippen LogP contribution is 2.37. The van der Waals surface area contributed by atoms with Crippen molar-refractivity contribution in [3.05, 3.63) is 83.0 Å². The summed E-state index contributed by atoms with van der Waals surface area (Å²) < 4.78 is 5.96. The summed E-state index contributed by atoms with van der Waals surface area (Å²) in [4.78, 5) is 15.8. The third-order valence-corrected chi connectivity index (χ3v) is 5.52. The molecule has 3 aromatic rings. The van der Waals surface area contributed by atoms with Crippen LogP contribution in [0.1, 0.15) is 41.1 Å². The lowest BCUT2D eigenvalue weighted by Crippen LogP contribution is -2.04. The Morgan fingerprint density at radius 3 is 2.76 bits per heavy atom. The number of carbonyl (C=O) groups is 1. The summed E-state index contributed by atoms with van der Waals surface area (Å²) in [5.74, 6) is 0.239. The average Bonchev–Trinajstić information content (AvgIpc) is 3.10. The number of rotatable bonds is 7. The molecule has 1 heterocycles. The van der Waals surface area contributed by atoms with Crippen LogP contribution in [0.25, 0.3) is 11.3 Å². The highest BCUT2D eigenvalue weighted by molar-refractivity contribution is 5.68. The number of benzene rings is 2. The zero-order valence-corrected chi connectivity index (χ0v) is 16.6. The maximum atomic E-state index is 11.0. The van der Waals surface area contributed by atoms with Gasteiger partial charge in [0.2, 0.25) is 0 Å². The predicted octanol–water partition coefficient (Wildman–Crippen LogP) is 5.18. The van der Waals surface area contributed by atoms with E-state index in [1.165, 1.54) is 11.1 Å². The van der Waals surface area contributed by atoms with Crippen molar-refractivity contribution in [2.24, 2.45) is 0 Å². The fourth-order valence-corrected chi connectivity index (χ4v) is 3.97. The summed E-state index contributed by atoms with van der Waals surface area (Å²) in [5.41, 5.74) is 6.71. The van der Waals surface area contributed by atoms with Crippen LogP contribution in [0.15, 0.2) is 60.7 Å². The summed E-state index contributed by atoms with van der Waals surface area (Å²) in [6.45, 7) is 2.64. The summed E-state index contributed by atoms with van der Waals surface area (Å²) in [7, 11) is 0. The first-order valence-electron chi connectivity index (χ1n) is 10.1. The van der Waals surface area contributed by atoms with Gasteiger partial charge in [-0.1, -0.05) is 42.0 Å². The van der Waals surface area contributed by atoms with Crippen LogP contribution in [0, 0.1) is 6.92 Å². The lowest BCUT2D eigenvalue weighted by Gasteiger charge is -2.11. The van der Waals surface area contributed by atoms with Crippen molar-refractivity contribution in [2.75, 3.05) is 6.61 Å². The summed E-state index contributed by atoms with van der Waals surface area (Å²) >= 11 is 0. The van der Waals surface area contributed by atoms with Gasteiger partial charge in [0.25, 0.3) is 0 Å². The molecular formula is C25H25NO3. The van der Waals surface area contributed by atoms with E-state index in [9.17, 15) is 4.79 Å². The van der Waals surface area contributed by atoms with Crippen LogP contribution < -0.4 is 4.74 Å². The monoisotopic (exact) mass is 387 g/mol. The fraction of sp³-hybridized carbons (Fsp3) is 0.280. The maximum Gasteiger partial charge on any atom is 0.303 e. The van der Waals surface area contributed by atoms with E-state index in [4.69, 9.17) is 14.8 Å². The Kier molecular flexibility index (Phi) is 5.61. The van der Waals surface area contributed by atoms with E-state index >= 15 is 0 Å². The molecule has 0 bridgehead atoms. The van der Waals surface area contributed by atoms with Gasteiger partial charge in [-0.3, -0.25) is 9.78 Å². The molecule has 148 valence electrons. The highest BCUT2D eigenvalue weighted by Gasteiger charge is 2.24. The number of nitrogens with zero attached hydrogens (tertiary/aromatic N) is 1. The predicted molar refractivity (Wildman–Crippen MR) is 113 cm³/mol. The molecular weight excluding hydrogens is 362 g/mol. The molecule has 0 aliphatic heterocycles. The minimum absolute atomic E-state index is 0.130. The van der Waals surface area contributed by atoms with Gasteiger partial charge in [-0.25, -0.2) is 0 Å². The standard InChI is InChI=1S/C25H25NO3/c1-17-5-7-18(8-6-17)24-4-2-3-21(26-24)13-14-29-22-11-12-23-19(15-22)9-10-20(23)16-25(27)28/h2-8,11-12,15,20H,9-10,13-14,16H2,1H3,(H,27,28). The van der Waals surface area contributed by atoms with Crippen LogP contribution in [0.3, 0.4) is 0 Å². The van der Waals surface area contributed by atoms with E-state index in [0.29, 0.717) is 6.61 Å². The van der Waals surface area contributed by atoms with Crippen molar-refractivity contribution in [3.63, 3.8) is 0 Å². The number of hydrogen-bond donors (Lipinski definition) is 1. The summed E-state index contributed by atoms with van der Waals surface area (Å²) in [6, 6.07) is 20.5. The zero-order valence-electron chi connectivity index (χ0n) is 16.6. The Hall–Kier alpha value is -3.14. The number of carboxylic acid groups (broad SMARTS) is 1. The maximum absolute atomic E-state index is 11.0. The molecule has 29 heavy (non-hydrogen) atoms. The van der Waals surface area contributed by atoms with Gasteiger partial charge in [0.15, 0.2) is 0 Å². The number of aliphatic carboxylic acids is 1. The number of ether oxygens (including phenoxy) is 1. The molecule has 0 fully saturated rings. The van der Waals surface area contributed by atoms with E-state index in [1.54, 1.807) is 0 Å². The molecule has 0 amide bonds. The van der Waals surface area contributed by atoms with Gasteiger partial charge >= 0.3 is 5.97 Å². The Morgan fingerprint density at radius 1 is 1.14 bits per heavy atom. The molecule has 4 rings (SSSR count). The molecule has 0 saturated carbocycles. The zero-order chi connectivity index (χ0) is 20.2. The third kappa shape index (κ3) is 4.65. The molecule has 1 aliphatic carbocycles. The molecule has 1 aliphatic rings. The average molecular weight is 387 g/mol. The first kappa shape index (κ1) is 19.2. The van der Waals surface area contributed by atoms with Crippen LogP contribution in [0.4, 0.5) is 0 Å². The van der Waals surface area contributed by atoms with Crippen molar-refractivity contribution in [1.29, 1.82) is 0 Å². The van der Waals surface area contributed by atoms with Gasteiger partial charge < -0.3 is 9.84 Å². The number of pyridine rings is 1. The molecule has 1 unspecified atom stereocenters. The second-order valence-corrected chi connectivity index (χ2v) is 7.67. The van der Waals surface area contributed by atoms with E-state index in [0.717, 1.165) is 47.5 Å². The van der Waals surface area contributed by atoms with Crippen molar-refractivity contribution >= 4 is 5.97 Å². The van der Waals surface area contributed by atoms with Crippen LogP contribution in [-0.4, -0.2) is 22.7 Å². The van der Waals surface area contributed by atoms with E-state index < -0.39 is 5.97 Å². The summed E-state index contributed by atoms with van der Waals surface area (Å²) in [5, 5.41) is 9.05. The number of carboxylic acids is 1. The van der Waals surface area contributed by atoms with Gasteiger partial charge in [-0.15, -0.1) is 0 Å². The number of aromatic nitrogens is 1. The van der Waals surface area contributed by atoms with E-state index in [-0.39, 0.29) is 12.3 Å². The topological polar surface area (TPSA) is 59.4 Å². The minimum atomic E-state index is -0.733. The highest BCUT2D eigenvalue weighted by atomic mass is 16.5. The van der Waals surface area contributed by atoms with E-state index in [2.05, 4.69) is 37.3 Å². The third-order valence-electron chi connectivity index (χ3n) is 5.52. The first-order chi connectivity index (χ1) is 14.1. The smallest absolute Gasteiger partial charge is 0.303 e. The molecule has 1 aromatic heterocycles. The molecule has 4 heteroatoms. The largest absolute Gasteiger partial charge is 0.493 e. The first-order valence-corrected chi connectivity index (χ1v) is 10.1. The Labute approximate surface area is 171 Å². The minimum Gasteiger partial charge on any atom is -0.493 e. The van der Waals surface area contributed by atoms with Crippen LogP contribution in [0.2, 0.25) is 0 Å². The Morgan fingerprint density at radius 2 is 1.97 bits per heavy atom. The molecule has 1 N–H and O–H groups in total. The second kappa shape index (κ2) is 8.48. The van der Waals surface area contributed by atoms with E-state index in [1.807, 2.05) is 30.3 Å². The van der Waals surface area contributed by atoms with Crippen molar-refractivity contribution in [3.8, 4) is 17.0 Å². The fourth-order valence-electron chi connectivity index (χ4n) is 3.97. The lowest BCUT2D eigenvalue weighted by molar-refractivity contribution is -0.137. The van der Waals surface area contributed by atoms with Crippen LogP contribution >= 0.6 is 0 Å². The quantitative estimate of drug-likeness (QED) is 0.607. The number of hydrogen-bond acceptors (Lipinski definition) is 3. The number of fused-ring (bicyclic) bond motifs is 1. The van der Waals surface area contributed by atoms with Gasteiger partial charge in [-0.05, 0) is 61.1 Å². The SMILES string of the molecule is Cc1ccc(-c2cccc(CCOc3ccc4c(c3)CCC4CC(=O)O)n2)cc1. The molecule has 0 radical (unpaired) electrons. The number of aryl methyl sites for hydroxylation is 2. The van der Waals surface area contributed by atoms with Gasteiger partial charge in [0.1, 0.15) is 5.75 Å². The van der Waals surface area contributed by atoms with Crippen LogP contribution in [-0.2, 0) is 17.6 Å². The van der Waals surface area contributed by atoms with Crippen molar-refractivity contribution in [2.45, 2.75) is 38.5 Å². The van der Waals surface area contributed by atoms with Gasteiger partial charge in [-0.2, -0.15) is 0 Å². The lowest BCUT2D eigenvalue weighted by atomic mass is 9.98. The summed E-state index contributed by atoms with van der Waals surface area (Å²) in [6.07, 6.45) is 2.76. The normalized spacial score (nSPS) is 15.1. The van der Waals surface area contributed by atoms with Gasteiger partial charge in [0.05, 0.1) is 18.7 Å².